The Morgan fingerprint density at radius 1 is 1.17 bits per heavy atom. The Bertz CT molecular complexity index is 435. The van der Waals surface area contributed by atoms with Gasteiger partial charge in [0.05, 0.1) is 13.2 Å². The van der Waals surface area contributed by atoms with Crippen LogP contribution < -0.4 is 11.5 Å². The molecular formula is C15H22N2O. The molecule has 0 amide bonds. The Balaban J connectivity index is 1.87. The summed E-state index contributed by atoms with van der Waals surface area (Å²) in [4.78, 5) is 0. The Morgan fingerprint density at radius 2 is 1.89 bits per heavy atom. The molecular weight excluding hydrogens is 224 g/mol. The maximum Gasteiger partial charge on any atom is 0.0575 e. The molecule has 1 aliphatic carbocycles. The van der Waals surface area contributed by atoms with E-state index in [0.717, 1.165) is 0 Å². The van der Waals surface area contributed by atoms with E-state index in [1.807, 2.05) is 0 Å². The number of rotatable bonds is 3. The Hall–Kier alpha value is -0.900. The van der Waals surface area contributed by atoms with Crippen LogP contribution in [0.1, 0.15) is 35.6 Å². The van der Waals surface area contributed by atoms with Crippen molar-refractivity contribution in [1.29, 1.82) is 0 Å². The third-order valence-electron chi connectivity index (χ3n) is 4.58. The van der Waals surface area contributed by atoms with Crippen LogP contribution in [0.2, 0.25) is 0 Å². The molecule has 1 aromatic carbocycles. The van der Waals surface area contributed by atoms with E-state index < -0.39 is 0 Å². The van der Waals surface area contributed by atoms with Gasteiger partial charge in [-0.15, -0.1) is 0 Å². The van der Waals surface area contributed by atoms with Crippen LogP contribution in [0.5, 0.6) is 0 Å². The normalized spacial score (nSPS) is 23.0. The summed E-state index contributed by atoms with van der Waals surface area (Å²) in [6, 6.07) is 6.75. The lowest BCUT2D eigenvalue weighted by atomic mass is 9.75. The average Bonchev–Trinajstić information content (AvgIpc) is 2.37. The molecule has 4 N–H and O–H groups in total. The molecule has 1 atom stereocenters. The standard InChI is InChI=1S/C15H22N2O/c16-8-15(9-18-10-15)14(17)13-6-5-11-3-1-2-4-12(11)7-13/h5-7,14H,1-4,8-10,16-17H2. The SMILES string of the molecule is NCC1(C(N)c2ccc3c(c2)CCCC3)COC1. The van der Waals surface area contributed by atoms with Gasteiger partial charge in [-0.3, -0.25) is 0 Å². The minimum atomic E-state index is -0.0388. The molecule has 1 heterocycles. The van der Waals surface area contributed by atoms with Crippen molar-refractivity contribution in [2.45, 2.75) is 31.7 Å². The Labute approximate surface area is 108 Å². The number of aryl methyl sites for hydroxylation is 2. The molecule has 0 aromatic heterocycles. The highest BCUT2D eigenvalue weighted by atomic mass is 16.5. The average molecular weight is 246 g/mol. The van der Waals surface area contributed by atoms with Crippen molar-refractivity contribution in [1.82, 2.24) is 0 Å². The van der Waals surface area contributed by atoms with Crippen LogP contribution in [0, 0.1) is 5.41 Å². The first-order valence-electron chi connectivity index (χ1n) is 6.90. The molecule has 0 saturated carbocycles. The first-order chi connectivity index (χ1) is 8.75. The van der Waals surface area contributed by atoms with Gasteiger partial charge in [-0.2, -0.15) is 0 Å². The number of hydrogen-bond acceptors (Lipinski definition) is 3. The molecule has 1 unspecified atom stereocenters. The molecule has 1 saturated heterocycles. The topological polar surface area (TPSA) is 61.3 Å². The Kier molecular flexibility index (Phi) is 3.14. The molecule has 0 spiro atoms. The number of nitrogens with two attached hydrogens (primary N) is 2. The van der Waals surface area contributed by atoms with Crippen LogP contribution in [0.3, 0.4) is 0 Å². The third-order valence-corrected chi connectivity index (χ3v) is 4.58. The molecule has 3 rings (SSSR count). The maximum atomic E-state index is 6.42. The first kappa shape index (κ1) is 12.2. The van der Waals surface area contributed by atoms with Gasteiger partial charge >= 0.3 is 0 Å². The van der Waals surface area contributed by atoms with Crippen molar-refractivity contribution >= 4 is 0 Å². The molecule has 1 fully saturated rings. The van der Waals surface area contributed by atoms with Crippen molar-refractivity contribution in [2.75, 3.05) is 19.8 Å². The molecule has 0 radical (unpaired) electrons. The fourth-order valence-corrected chi connectivity index (χ4v) is 3.09. The second kappa shape index (κ2) is 4.65. The predicted molar refractivity (Wildman–Crippen MR) is 72.3 cm³/mol. The van der Waals surface area contributed by atoms with Gasteiger partial charge < -0.3 is 16.2 Å². The van der Waals surface area contributed by atoms with Crippen molar-refractivity contribution in [3.05, 3.63) is 34.9 Å². The molecule has 3 nitrogen and oxygen atoms in total. The highest BCUT2D eigenvalue weighted by Crippen LogP contribution is 2.39. The van der Waals surface area contributed by atoms with Crippen LogP contribution in [0.4, 0.5) is 0 Å². The summed E-state index contributed by atoms with van der Waals surface area (Å²) < 4.78 is 5.32. The lowest BCUT2D eigenvalue weighted by Gasteiger charge is -2.45. The molecule has 3 heteroatoms. The summed E-state index contributed by atoms with van der Waals surface area (Å²) in [5.74, 6) is 0. The van der Waals surface area contributed by atoms with E-state index in [4.69, 9.17) is 16.2 Å². The highest BCUT2D eigenvalue weighted by molar-refractivity contribution is 5.36. The fraction of sp³-hybridized carbons (Fsp3) is 0.600. The molecule has 18 heavy (non-hydrogen) atoms. The summed E-state index contributed by atoms with van der Waals surface area (Å²) in [7, 11) is 0. The van der Waals surface area contributed by atoms with E-state index in [-0.39, 0.29) is 11.5 Å². The van der Waals surface area contributed by atoms with Gasteiger partial charge in [0.25, 0.3) is 0 Å². The lowest BCUT2D eigenvalue weighted by Crippen LogP contribution is -2.54. The number of fused-ring (bicyclic) bond motifs is 1. The summed E-state index contributed by atoms with van der Waals surface area (Å²) in [6.07, 6.45) is 5.04. The second-order valence-electron chi connectivity index (χ2n) is 5.77. The minimum absolute atomic E-state index is 0.00322. The fourth-order valence-electron chi connectivity index (χ4n) is 3.09. The van der Waals surface area contributed by atoms with E-state index >= 15 is 0 Å². The van der Waals surface area contributed by atoms with Crippen LogP contribution in [0.15, 0.2) is 18.2 Å². The number of hydrogen-bond donors (Lipinski definition) is 2. The number of benzene rings is 1. The van der Waals surface area contributed by atoms with Gasteiger partial charge in [0, 0.05) is 18.0 Å². The van der Waals surface area contributed by atoms with Crippen molar-refractivity contribution in [2.24, 2.45) is 16.9 Å². The van der Waals surface area contributed by atoms with Gasteiger partial charge in [0.2, 0.25) is 0 Å². The van der Waals surface area contributed by atoms with Crippen molar-refractivity contribution in [3.63, 3.8) is 0 Å². The van der Waals surface area contributed by atoms with Crippen LogP contribution in [-0.4, -0.2) is 19.8 Å². The molecule has 98 valence electrons. The zero-order chi connectivity index (χ0) is 12.6. The van der Waals surface area contributed by atoms with Crippen molar-refractivity contribution < 1.29 is 4.74 Å². The number of ether oxygens (including phenoxy) is 1. The zero-order valence-electron chi connectivity index (χ0n) is 10.8. The predicted octanol–water partition coefficient (Wildman–Crippen LogP) is 1.54. The van der Waals surface area contributed by atoms with Gasteiger partial charge in [-0.25, -0.2) is 0 Å². The minimum Gasteiger partial charge on any atom is -0.380 e. The molecule has 1 aliphatic heterocycles. The second-order valence-corrected chi connectivity index (χ2v) is 5.77. The van der Waals surface area contributed by atoms with Gasteiger partial charge in [-0.1, -0.05) is 18.2 Å². The molecule has 1 aromatic rings. The third kappa shape index (κ3) is 1.87. The summed E-state index contributed by atoms with van der Waals surface area (Å²) in [5.41, 5.74) is 16.5. The molecule has 2 aliphatic rings. The van der Waals surface area contributed by atoms with E-state index in [1.165, 1.54) is 42.4 Å². The van der Waals surface area contributed by atoms with Gasteiger partial charge in [0.1, 0.15) is 0 Å². The smallest absolute Gasteiger partial charge is 0.0575 e. The van der Waals surface area contributed by atoms with Crippen LogP contribution in [0.25, 0.3) is 0 Å². The van der Waals surface area contributed by atoms with E-state index in [0.29, 0.717) is 19.8 Å². The zero-order valence-corrected chi connectivity index (χ0v) is 10.8. The van der Waals surface area contributed by atoms with Crippen LogP contribution in [-0.2, 0) is 17.6 Å². The quantitative estimate of drug-likeness (QED) is 0.850. The largest absolute Gasteiger partial charge is 0.380 e. The summed E-state index contributed by atoms with van der Waals surface area (Å²) in [6.45, 7) is 1.99. The van der Waals surface area contributed by atoms with Gasteiger partial charge in [0.15, 0.2) is 0 Å². The summed E-state index contributed by atoms with van der Waals surface area (Å²) in [5, 5.41) is 0. The Morgan fingerprint density at radius 3 is 2.50 bits per heavy atom. The van der Waals surface area contributed by atoms with E-state index in [9.17, 15) is 0 Å². The highest BCUT2D eigenvalue weighted by Gasteiger charge is 2.43. The van der Waals surface area contributed by atoms with E-state index in [2.05, 4.69) is 18.2 Å². The maximum absolute atomic E-state index is 6.42. The first-order valence-corrected chi connectivity index (χ1v) is 6.90. The van der Waals surface area contributed by atoms with Crippen molar-refractivity contribution in [3.8, 4) is 0 Å². The van der Waals surface area contributed by atoms with Crippen LogP contribution >= 0.6 is 0 Å². The summed E-state index contributed by atoms with van der Waals surface area (Å²) >= 11 is 0. The lowest BCUT2D eigenvalue weighted by molar-refractivity contribution is -0.121. The monoisotopic (exact) mass is 246 g/mol. The van der Waals surface area contributed by atoms with Gasteiger partial charge in [-0.05, 0) is 42.4 Å². The van der Waals surface area contributed by atoms with E-state index in [1.54, 1.807) is 0 Å². The molecule has 0 bridgehead atoms.